The monoisotopic (exact) mass is 361 g/mol. The lowest BCUT2D eigenvalue weighted by Crippen LogP contribution is -2.25. The summed E-state index contributed by atoms with van der Waals surface area (Å²) in [5, 5.41) is 3.27. The number of ether oxygens (including phenoxy) is 1. The lowest BCUT2D eigenvalue weighted by atomic mass is 10.1. The van der Waals surface area contributed by atoms with E-state index in [1.54, 1.807) is 0 Å². The molecule has 1 heterocycles. The van der Waals surface area contributed by atoms with E-state index in [9.17, 15) is 9.59 Å². The standard InChI is InChI=1S/C18H23N3O3S/c1-12(2)24-10-15-8-16(22)21-18(20-15)25-11-17(23)19-9-14-6-4-13(3)5-7-14/h4-8,12H,9-11H2,1-3H3,(H,19,23)(H,20,21,22). The highest BCUT2D eigenvalue weighted by atomic mass is 32.2. The predicted octanol–water partition coefficient (Wildman–Crippen LogP) is 2.41. The molecule has 6 nitrogen and oxygen atoms in total. The largest absolute Gasteiger partial charge is 0.373 e. The Labute approximate surface area is 151 Å². The van der Waals surface area contributed by atoms with Gasteiger partial charge in [-0.1, -0.05) is 41.6 Å². The molecule has 0 saturated heterocycles. The van der Waals surface area contributed by atoms with Crippen LogP contribution in [-0.2, 0) is 22.7 Å². The van der Waals surface area contributed by atoms with Crippen LogP contribution in [0, 0.1) is 6.92 Å². The molecule has 0 saturated carbocycles. The average Bonchev–Trinajstić information content (AvgIpc) is 2.57. The van der Waals surface area contributed by atoms with Gasteiger partial charge in [0.2, 0.25) is 5.91 Å². The van der Waals surface area contributed by atoms with E-state index in [4.69, 9.17) is 4.74 Å². The first kappa shape index (κ1) is 19.2. The van der Waals surface area contributed by atoms with Gasteiger partial charge >= 0.3 is 0 Å². The average molecular weight is 361 g/mol. The molecule has 1 amide bonds. The van der Waals surface area contributed by atoms with Gasteiger partial charge in [0.05, 0.1) is 24.2 Å². The maximum atomic E-state index is 12.0. The number of carbonyl (C=O) groups excluding carboxylic acids is 1. The van der Waals surface area contributed by atoms with Crippen LogP contribution < -0.4 is 10.9 Å². The Balaban J connectivity index is 1.84. The molecule has 2 aromatic rings. The van der Waals surface area contributed by atoms with Gasteiger partial charge in [-0.3, -0.25) is 9.59 Å². The Hall–Kier alpha value is -2.12. The zero-order valence-corrected chi connectivity index (χ0v) is 15.5. The van der Waals surface area contributed by atoms with Gasteiger partial charge in [-0.05, 0) is 26.3 Å². The molecule has 2 N–H and O–H groups in total. The minimum Gasteiger partial charge on any atom is -0.373 e. The molecule has 134 valence electrons. The summed E-state index contributed by atoms with van der Waals surface area (Å²) in [4.78, 5) is 30.6. The molecule has 0 bridgehead atoms. The highest BCUT2D eigenvalue weighted by Crippen LogP contribution is 2.12. The molecule has 0 aliphatic heterocycles. The maximum Gasteiger partial charge on any atom is 0.251 e. The van der Waals surface area contributed by atoms with Crippen LogP contribution in [0.4, 0.5) is 0 Å². The summed E-state index contributed by atoms with van der Waals surface area (Å²) in [5.41, 5.74) is 2.53. The molecular formula is C18H23N3O3S. The normalized spacial score (nSPS) is 10.9. The number of aryl methyl sites for hydroxylation is 1. The quantitative estimate of drug-likeness (QED) is 0.557. The second-order valence-electron chi connectivity index (χ2n) is 5.95. The summed E-state index contributed by atoms with van der Waals surface area (Å²) in [5.74, 6) is 0.0700. The Kier molecular flexibility index (Phi) is 7.21. The number of rotatable bonds is 8. The van der Waals surface area contributed by atoms with Gasteiger partial charge in [0.25, 0.3) is 5.56 Å². The second-order valence-corrected chi connectivity index (χ2v) is 6.92. The summed E-state index contributed by atoms with van der Waals surface area (Å²) < 4.78 is 5.46. The van der Waals surface area contributed by atoms with Crippen molar-refractivity contribution < 1.29 is 9.53 Å². The van der Waals surface area contributed by atoms with Crippen LogP contribution >= 0.6 is 11.8 Å². The van der Waals surface area contributed by atoms with E-state index in [1.807, 2.05) is 45.0 Å². The van der Waals surface area contributed by atoms with Crippen molar-refractivity contribution in [2.75, 3.05) is 5.75 Å². The van der Waals surface area contributed by atoms with E-state index in [2.05, 4.69) is 15.3 Å². The number of benzene rings is 1. The van der Waals surface area contributed by atoms with Crippen molar-refractivity contribution in [2.24, 2.45) is 0 Å². The smallest absolute Gasteiger partial charge is 0.251 e. The lowest BCUT2D eigenvalue weighted by Gasteiger charge is -2.08. The third kappa shape index (κ3) is 7.11. The summed E-state index contributed by atoms with van der Waals surface area (Å²) in [6.45, 7) is 6.61. The van der Waals surface area contributed by atoms with Crippen molar-refractivity contribution in [2.45, 2.75) is 45.2 Å². The Morgan fingerprint density at radius 1 is 1.32 bits per heavy atom. The fourth-order valence-electron chi connectivity index (χ4n) is 1.97. The molecule has 0 radical (unpaired) electrons. The van der Waals surface area contributed by atoms with Crippen molar-refractivity contribution in [3.8, 4) is 0 Å². The Morgan fingerprint density at radius 3 is 2.72 bits per heavy atom. The van der Waals surface area contributed by atoms with Crippen LogP contribution in [0.5, 0.6) is 0 Å². The van der Waals surface area contributed by atoms with Crippen molar-refractivity contribution >= 4 is 17.7 Å². The lowest BCUT2D eigenvalue weighted by molar-refractivity contribution is -0.118. The van der Waals surface area contributed by atoms with Crippen molar-refractivity contribution in [3.05, 3.63) is 57.5 Å². The molecule has 0 fully saturated rings. The molecule has 1 aromatic heterocycles. The van der Waals surface area contributed by atoms with Gasteiger partial charge in [-0.2, -0.15) is 0 Å². The molecule has 0 aliphatic rings. The minimum atomic E-state index is -0.250. The topological polar surface area (TPSA) is 84.1 Å². The van der Waals surface area contributed by atoms with Crippen LogP contribution in [0.3, 0.4) is 0 Å². The second kappa shape index (κ2) is 9.39. The van der Waals surface area contributed by atoms with Gasteiger partial charge in [0.15, 0.2) is 5.16 Å². The number of nitrogens with zero attached hydrogens (tertiary/aromatic N) is 1. The highest BCUT2D eigenvalue weighted by Gasteiger charge is 2.07. The number of aromatic nitrogens is 2. The van der Waals surface area contributed by atoms with E-state index in [0.717, 1.165) is 5.56 Å². The molecule has 0 aliphatic carbocycles. The summed E-state index contributed by atoms with van der Waals surface area (Å²) in [7, 11) is 0. The molecule has 25 heavy (non-hydrogen) atoms. The van der Waals surface area contributed by atoms with E-state index < -0.39 is 0 Å². The third-order valence-corrected chi connectivity index (χ3v) is 4.16. The number of thioether (sulfide) groups is 1. The number of H-pyrrole nitrogens is 1. The highest BCUT2D eigenvalue weighted by molar-refractivity contribution is 7.99. The van der Waals surface area contributed by atoms with Crippen LogP contribution in [0.15, 0.2) is 40.3 Å². The minimum absolute atomic E-state index is 0.0599. The third-order valence-electron chi connectivity index (χ3n) is 3.29. The van der Waals surface area contributed by atoms with E-state index in [1.165, 1.54) is 23.4 Å². The zero-order chi connectivity index (χ0) is 18.2. The zero-order valence-electron chi connectivity index (χ0n) is 14.7. The number of nitrogens with one attached hydrogen (secondary N) is 2. The Bertz CT molecular complexity index is 757. The fraction of sp³-hybridized carbons (Fsp3) is 0.389. The number of hydrogen-bond acceptors (Lipinski definition) is 5. The van der Waals surface area contributed by atoms with E-state index in [0.29, 0.717) is 17.4 Å². The first-order chi connectivity index (χ1) is 11.9. The fourth-order valence-corrected chi connectivity index (χ4v) is 2.69. The molecule has 0 atom stereocenters. The molecule has 1 aromatic carbocycles. The van der Waals surface area contributed by atoms with Gasteiger partial charge < -0.3 is 15.0 Å². The van der Waals surface area contributed by atoms with E-state index >= 15 is 0 Å². The summed E-state index contributed by atoms with van der Waals surface area (Å²) in [6, 6.07) is 9.40. The molecule has 0 unspecified atom stereocenters. The molecule has 2 rings (SSSR count). The van der Waals surface area contributed by atoms with E-state index in [-0.39, 0.29) is 29.9 Å². The number of carbonyl (C=O) groups is 1. The molecule has 7 heteroatoms. The summed E-state index contributed by atoms with van der Waals surface area (Å²) >= 11 is 1.19. The van der Waals surface area contributed by atoms with Crippen LogP contribution in [0.25, 0.3) is 0 Å². The first-order valence-electron chi connectivity index (χ1n) is 8.09. The van der Waals surface area contributed by atoms with Crippen LogP contribution in [0.2, 0.25) is 0 Å². The van der Waals surface area contributed by atoms with Crippen LogP contribution in [-0.4, -0.2) is 27.7 Å². The van der Waals surface area contributed by atoms with Crippen molar-refractivity contribution in [3.63, 3.8) is 0 Å². The SMILES string of the molecule is Cc1ccc(CNC(=O)CSc2nc(COC(C)C)cc(=O)[nH]2)cc1. The summed E-state index contributed by atoms with van der Waals surface area (Å²) in [6.07, 6.45) is 0.0599. The van der Waals surface area contributed by atoms with Crippen molar-refractivity contribution in [1.29, 1.82) is 0 Å². The van der Waals surface area contributed by atoms with Crippen LogP contribution in [0.1, 0.15) is 30.7 Å². The number of amides is 1. The van der Waals surface area contributed by atoms with Gasteiger partial charge in [-0.25, -0.2) is 4.98 Å². The van der Waals surface area contributed by atoms with Gasteiger partial charge in [0, 0.05) is 12.6 Å². The van der Waals surface area contributed by atoms with Gasteiger partial charge in [0.1, 0.15) is 0 Å². The Morgan fingerprint density at radius 2 is 2.04 bits per heavy atom. The molecular weight excluding hydrogens is 338 g/mol. The molecule has 0 spiro atoms. The van der Waals surface area contributed by atoms with Crippen molar-refractivity contribution in [1.82, 2.24) is 15.3 Å². The number of aromatic amines is 1. The van der Waals surface area contributed by atoms with Gasteiger partial charge in [-0.15, -0.1) is 0 Å². The number of hydrogen-bond donors (Lipinski definition) is 2. The maximum absolute atomic E-state index is 12.0. The first-order valence-corrected chi connectivity index (χ1v) is 9.08. The predicted molar refractivity (Wildman–Crippen MR) is 98.5 cm³/mol.